The van der Waals surface area contributed by atoms with Crippen LogP contribution in [0.5, 0.6) is 0 Å². The van der Waals surface area contributed by atoms with Crippen molar-refractivity contribution in [3.05, 3.63) is 21.4 Å². The molecule has 0 aliphatic heterocycles. The van der Waals surface area contributed by atoms with Crippen molar-refractivity contribution < 1.29 is 14.9 Å². The number of aliphatic hydroxyl groups is 2. The lowest BCUT2D eigenvalue weighted by Crippen LogP contribution is -2.00. The smallest absolute Gasteiger partial charge is 0.0913 e. The molecular formula is C11H16O3S. The van der Waals surface area contributed by atoms with E-state index in [1.165, 1.54) is 11.3 Å². The highest BCUT2D eigenvalue weighted by molar-refractivity contribution is 7.12. The summed E-state index contributed by atoms with van der Waals surface area (Å²) in [5, 5.41) is 19.1. The molecule has 3 nitrogen and oxygen atoms in total. The lowest BCUT2D eigenvalue weighted by Gasteiger charge is -2.09. The molecule has 2 N–H and O–H groups in total. The Hall–Kier alpha value is -0.420. The molecule has 0 radical (unpaired) electrons. The van der Waals surface area contributed by atoms with E-state index in [0.717, 1.165) is 28.2 Å². The van der Waals surface area contributed by atoms with Crippen molar-refractivity contribution in [1.29, 1.82) is 0 Å². The molecule has 0 saturated heterocycles. The predicted octanol–water partition coefficient (Wildman–Crippen LogP) is 1.83. The lowest BCUT2D eigenvalue weighted by molar-refractivity contribution is 0.148. The van der Waals surface area contributed by atoms with Crippen LogP contribution in [0.2, 0.25) is 0 Å². The van der Waals surface area contributed by atoms with Crippen LogP contribution in [0.1, 0.15) is 34.3 Å². The second-order valence-electron chi connectivity index (χ2n) is 3.98. The van der Waals surface area contributed by atoms with E-state index in [9.17, 15) is 5.11 Å². The Bertz CT molecular complexity index is 331. The number of hydrogen-bond acceptors (Lipinski definition) is 4. The molecule has 0 aromatic carbocycles. The fourth-order valence-corrected chi connectivity index (χ4v) is 2.83. The van der Waals surface area contributed by atoms with Gasteiger partial charge in [-0.05, 0) is 30.4 Å². The number of thiophene rings is 1. The van der Waals surface area contributed by atoms with Crippen LogP contribution in [-0.2, 0) is 18.0 Å². The van der Waals surface area contributed by atoms with Crippen LogP contribution in [0.15, 0.2) is 6.07 Å². The van der Waals surface area contributed by atoms with Gasteiger partial charge in [0.15, 0.2) is 0 Å². The highest BCUT2D eigenvalue weighted by Gasteiger charge is 2.33. The Morgan fingerprint density at radius 1 is 1.60 bits per heavy atom. The third-order valence-electron chi connectivity index (χ3n) is 2.69. The molecule has 0 amide bonds. The molecule has 1 fully saturated rings. The van der Waals surface area contributed by atoms with Gasteiger partial charge in [-0.3, -0.25) is 0 Å². The van der Waals surface area contributed by atoms with E-state index in [0.29, 0.717) is 12.5 Å². The van der Waals surface area contributed by atoms with Gasteiger partial charge >= 0.3 is 0 Å². The Kier molecular flexibility index (Phi) is 3.41. The first-order valence-electron chi connectivity index (χ1n) is 5.15. The van der Waals surface area contributed by atoms with E-state index >= 15 is 0 Å². The third kappa shape index (κ3) is 2.39. The summed E-state index contributed by atoms with van der Waals surface area (Å²) in [5.74, 6) is 0.422. The maximum absolute atomic E-state index is 10.0. The van der Waals surface area contributed by atoms with Gasteiger partial charge in [-0.1, -0.05) is 0 Å². The summed E-state index contributed by atoms with van der Waals surface area (Å²) < 4.78 is 5.09. The first-order chi connectivity index (χ1) is 7.26. The summed E-state index contributed by atoms with van der Waals surface area (Å²) in [7, 11) is 1.64. The van der Waals surface area contributed by atoms with E-state index in [1.54, 1.807) is 7.11 Å². The Morgan fingerprint density at radius 2 is 2.33 bits per heavy atom. The molecule has 1 heterocycles. The summed E-state index contributed by atoms with van der Waals surface area (Å²) in [6.45, 7) is 0.550. The Morgan fingerprint density at radius 3 is 2.87 bits per heavy atom. The van der Waals surface area contributed by atoms with Crippen molar-refractivity contribution in [2.75, 3.05) is 7.11 Å². The first-order valence-corrected chi connectivity index (χ1v) is 5.97. The summed E-state index contributed by atoms with van der Waals surface area (Å²) in [4.78, 5) is 1.88. The van der Waals surface area contributed by atoms with E-state index < -0.39 is 0 Å². The maximum atomic E-state index is 10.0. The minimum absolute atomic E-state index is 0.0404. The Labute approximate surface area is 93.3 Å². The van der Waals surface area contributed by atoms with Gasteiger partial charge in [0, 0.05) is 16.9 Å². The van der Waals surface area contributed by atoms with Gasteiger partial charge in [-0.2, -0.15) is 0 Å². The molecule has 84 valence electrons. The predicted molar refractivity (Wildman–Crippen MR) is 58.6 cm³/mol. The summed E-state index contributed by atoms with van der Waals surface area (Å²) >= 11 is 1.50. The number of ether oxygens (including phenoxy) is 1. The number of methoxy groups -OCH3 is 1. The normalized spacial score (nSPS) is 18.1. The van der Waals surface area contributed by atoms with Gasteiger partial charge < -0.3 is 14.9 Å². The highest BCUT2D eigenvalue weighted by atomic mass is 32.1. The van der Waals surface area contributed by atoms with Gasteiger partial charge in [-0.15, -0.1) is 11.3 Å². The molecule has 0 bridgehead atoms. The summed E-state index contributed by atoms with van der Waals surface area (Å²) in [6.07, 6.45) is 1.86. The van der Waals surface area contributed by atoms with Crippen molar-refractivity contribution in [1.82, 2.24) is 0 Å². The fraction of sp³-hybridized carbons (Fsp3) is 0.636. The second kappa shape index (κ2) is 4.61. The molecule has 15 heavy (non-hydrogen) atoms. The molecule has 1 aromatic rings. The molecule has 0 spiro atoms. The van der Waals surface area contributed by atoms with Crippen LogP contribution < -0.4 is 0 Å². The molecule has 1 atom stereocenters. The quantitative estimate of drug-likeness (QED) is 0.808. The average Bonchev–Trinajstić information content (AvgIpc) is 3.00. The molecule has 2 rings (SSSR count). The van der Waals surface area contributed by atoms with Gasteiger partial charge in [0.2, 0.25) is 0 Å². The Balaban J connectivity index is 2.21. The highest BCUT2D eigenvalue weighted by Crippen LogP contribution is 2.44. The van der Waals surface area contributed by atoms with Crippen molar-refractivity contribution in [3.8, 4) is 0 Å². The third-order valence-corrected chi connectivity index (χ3v) is 3.92. The molecule has 1 aliphatic rings. The standard InChI is InChI=1S/C11H16O3S/c1-14-6-8-4-9(5-12)15-11(8)10(13)7-2-3-7/h4,7,10,12-13H,2-3,5-6H2,1H3. The van der Waals surface area contributed by atoms with Crippen molar-refractivity contribution >= 4 is 11.3 Å². The van der Waals surface area contributed by atoms with E-state index in [2.05, 4.69) is 0 Å². The molecule has 1 aromatic heterocycles. The van der Waals surface area contributed by atoms with E-state index in [-0.39, 0.29) is 12.7 Å². The first kappa shape index (κ1) is 11.1. The SMILES string of the molecule is COCc1cc(CO)sc1C(O)C1CC1. The molecular weight excluding hydrogens is 212 g/mol. The maximum Gasteiger partial charge on any atom is 0.0913 e. The van der Waals surface area contributed by atoms with Crippen LogP contribution >= 0.6 is 11.3 Å². The zero-order valence-corrected chi connectivity index (χ0v) is 9.59. The average molecular weight is 228 g/mol. The summed E-state index contributed by atoms with van der Waals surface area (Å²) in [5.41, 5.74) is 1.02. The monoisotopic (exact) mass is 228 g/mol. The lowest BCUT2D eigenvalue weighted by atomic mass is 10.1. The summed E-state index contributed by atoms with van der Waals surface area (Å²) in [6, 6.07) is 1.93. The molecule has 1 aliphatic carbocycles. The van der Waals surface area contributed by atoms with E-state index in [1.807, 2.05) is 6.07 Å². The van der Waals surface area contributed by atoms with Crippen LogP contribution in [0.4, 0.5) is 0 Å². The number of hydrogen-bond donors (Lipinski definition) is 2. The molecule has 1 unspecified atom stereocenters. The van der Waals surface area contributed by atoms with Crippen LogP contribution in [-0.4, -0.2) is 17.3 Å². The van der Waals surface area contributed by atoms with Gasteiger partial charge in [0.05, 0.1) is 19.3 Å². The van der Waals surface area contributed by atoms with Crippen LogP contribution in [0.3, 0.4) is 0 Å². The zero-order valence-electron chi connectivity index (χ0n) is 8.77. The molecule has 4 heteroatoms. The fourth-order valence-electron chi connectivity index (χ4n) is 1.72. The number of aliphatic hydroxyl groups excluding tert-OH is 2. The topological polar surface area (TPSA) is 49.7 Å². The van der Waals surface area contributed by atoms with Gasteiger partial charge in [-0.25, -0.2) is 0 Å². The molecule has 1 saturated carbocycles. The van der Waals surface area contributed by atoms with Crippen molar-refractivity contribution in [2.24, 2.45) is 5.92 Å². The van der Waals surface area contributed by atoms with E-state index in [4.69, 9.17) is 9.84 Å². The van der Waals surface area contributed by atoms with Crippen molar-refractivity contribution in [2.45, 2.75) is 32.2 Å². The second-order valence-corrected chi connectivity index (χ2v) is 5.14. The minimum atomic E-state index is -0.361. The number of rotatable bonds is 5. The van der Waals surface area contributed by atoms with Gasteiger partial charge in [0.1, 0.15) is 0 Å². The van der Waals surface area contributed by atoms with Crippen molar-refractivity contribution in [3.63, 3.8) is 0 Å². The van der Waals surface area contributed by atoms with Crippen LogP contribution in [0.25, 0.3) is 0 Å². The zero-order chi connectivity index (χ0) is 10.8. The van der Waals surface area contributed by atoms with Gasteiger partial charge in [0.25, 0.3) is 0 Å². The minimum Gasteiger partial charge on any atom is -0.391 e. The van der Waals surface area contributed by atoms with Crippen LogP contribution in [0, 0.1) is 5.92 Å². The largest absolute Gasteiger partial charge is 0.391 e.